The van der Waals surface area contributed by atoms with Gasteiger partial charge in [-0.3, -0.25) is 14.5 Å². The van der Waals surface area contributed by atoms with Gasteiger partial charge in [-0.1, -0.05) is 58.9 Å². The van der Waals surface area contributed by atoms with Gasteiger partial charge in [0, 0.05) is 0 Å². The van der Waals surface area contributed by atoms with Gasteiger partial charge in [-0.2, -0.15) is 0 Å². The monoisotopic (exact) mass is 427 g/mol. The summed E-state index contributed by atoms with van der Waals surface area (Å²) in [5, 5.41) is 5.93. The number of rotatable bonds is 7. The van der Waals surface area contributed by atoms with Gasteiger partial charge in [-0.15, -0.1) is 0 Å². The maximum absolute atomic E-state index is 13.0. The summed E-state index contributed by atoms with van der Waals surface area (Å²) in [4.78, 5) is 39.4. The van der Waals surface area contributed by atoms with E-state index in [2.05, 4.69) is 69.5 Å². The lowest BCUT2D eigenvalue weighted by Crippen LogP contribution is -2.50. The number of nitrogens with zero attached hydrogens (tertiary/aromatic N) is 1. The summed E-state index contributed by atoms with van der Waals surface area (Å²) in [6.07, 6.45) is 4.14. The second kappa shape index (κ2) is 9.41. The van der Waals surface area contributed by atoms with Crippen molar-refractivity contribution in [1.29, 1.82) is 0 Å². The molecule has 1 aliphatic heterocycles. The summed E-state index contributed by atoms with van der Waals surface area (Å²) < 4.78 is 0. The molecule has 1 spiro atoms. The first-order chi connectivity index (χ1) is 14.6. The molecule has 2 fully saturated rings. The van der Waals surface area contributed by atoms with Crippen molar-refractivity contribution in [1.82, 2.24) is 15.5 Å². The Labute approximate surface area is 186 Å². The number of hydrogen-bond donors (Lipinski definition) is 2. The first-order valence-corrected chi connectivity index (χ1v) is 11.6. The summed E-state index contributed by atoms with van der Waals surface area (Å²) in [6, 6.07) is 7.73. The van der Waals surface area contributed by atoms with Crippen LogP contribution < -0.4 is 10.6 Å². The van der Waals surface area contributed by atoms with Crippen LogP contribution in [-0.2, 0) is 16.0 Å². The zero-order valence-electron chi connectivity index (χ0n) is 19.5. The Morgan fingerprint density at radius 3 is 2.29 bits per heavy atom. The topological polar surface area (TPSA) is 78.5 Å². The number of nitrogens with one attached hydrogen (secondary N) is 2. The summed E-state index contributed by atoms with van der Waals surface area (Å²) in [5.74, 6) is 0.764. The van der Waals surface area contributed by atoms with Crippen LogP contribution in [0.3, 0.4) is 0 Å². The highest BCUT2D eigenvalue weighted by Crippen LogP contribution is 2.36. The number of carbonyl (C=O) groups excluding carboxylic acids is 3. The molecule has 1 aromatic carbocycles. The van der Waals surface area contributed by atoms with E-state index in [1.165, 1.54) is 5.56 Å². The molecule has 3 rings (SSSR count). The summed E-state index contributed by atoms with van der Waals surface area (Å²) in [7, 11) is 0. The fraction of sp³-hybridized carbons (Fsp3) is 0.640. The molecule has 6 nitrogen and oxygen atoms in total. The van der Waals surface area contributed by atoms with Crippen LogP contribution in [-0.4, -0.2) is 34.8 Å². The molecule has 170 valence electrons. The van der Waals surface area contributed by atoms with Gasteiger partial charge in [0.05, 0.1) is 6.04 Å². The third-order valence-corrected chi connectivity index (χ3v) is 6.64. The number of benzene rings is 1. The molecule has 1 atom stereocenters. The van der Waals surface area contributed by atoms with E-state index in [-0.39, 0.29) is 30.3 Å². The van der Waals surface area contributed by atoms with Gasteiger partial charge in [0.1, 0.15) is 12.1 Å². The van der Waals surface area contributed by atoms with Crippen LogP contribution in [0.5, 0.6) is 0 Å². The Kier molecular flexibility index (Phi) is 7.07. The molecule has 0 bridgehead atoms. The molecule has 1 unspecified atom stereocenters. The molecular weight excluding hydrogens is 390 g/mol. The second-order valence-electron chi connectivity index (χ2n) is 10.2. The van der Waals surface area contributed by atoms with E-state index < -0.39 is 11.6 Å². The summed E-state index contributed by atoms with van der Waals surface area (Å²) in [5.41, 5.74) is 1.50. The van der Waals surface area contributed by atoms with E-state index in [1.54, 1.807) is 0 Å². The Morgan fingerprint density at radius 2 is 1.74 bits per heavy atom. The molecule has 2 aliphatic rings. The van der Waals surface area contributed by atoms with E-state index in [0.717, 1.165) is 29.7 Å². The lowest BCUT2D eigenvalue weighted by molar-refractivity contribution is -0.136. The molecular formula is C25H37N3O3. The van der Waals surface area contributed by atoms with Gasteiger partial charge in [-0.05, 0) is 61.0 Å². The van der Waals surface area contributed by atoms with Crippen molar-refractivity contribution in [3.05, 3.63) is 35.4 Å². The molecule has 1 saturated carbocycles. The average molecular weight is 428 g/mol. The fourth-order valence-corrected chi connectivity index (χ4v) is 4.74. The highest BCUT2D eigenvalue weighted by molar-refractivity contribution is 6.09. The van der Waals surface area contributed by atoms with Crippen LogP contribution in [0.4, 0.5) is 4.79 Å². The van der Waals surface area contributed by atoms with Crippen LogP contribution in [0.2, 0.25) is 0 Å². The average Bonchev–Trinajstić information content (AvgIpc) is 2.93. The van der Waals surface area contributed by atoms with E-state index in [1.807, 2.05) is 0 Å². The first kappa shape index (κ1) is 23.3. The predicted molar refractivity (Wildman–Crippen MR) is 121 cm³/mol. The molecule has 4 amide bonds. The van der Waals surface area contributed by atoms with Crippen molar-refractivity contribution < 1.29 is 14.4 Å². The number of amides is 4. The van der Waals surface area contributed by atoms with Crippen LogP contribution in [0.1, 0.15) is 77.5 Å². The summed E-state index contributed by atoms with van der Waals surface area (Å²) >= 11 is 0. The van der Waals surface area contributed by atoms with Crippen LogP contribution >= 0.6 is 0 Å². The van der Waals surface area contributed by atoms with Crippen molar-refractivity contribution in [3.63, 3.8) is 0 Å². The van der Waals surface area contributed by atoms with Gasteiger partial charge >= 0.3 is 6.03 Å². The zero-order chi connectivity index (χ0) is 22.8. The molecule has 31 heavy (non-hydrogen) atoms. The van der Waals surface area contributed by atoms with Crippen molar-refractivity contribution in [2.45, 2.75) is 78.3 Å². The number of hydrogen-bond acceptors (Lipinski definition) is 3. The first-order valence-electron chi connectivity index (χ1n) is 11.6. The van der Waals surface area contributed by atoms with Crippen molar-refractivity contribution in [2.75, 3.05) is 6.54 Å². The van der Waals surface area contributed by atoms with Crippen molar-refractivity contribution in [2.24, 2.45) is 17.8 Å². The molecule has 1 aliphatic carbocycles. The Hall–Kier alpha value is -2.37. The molecule has 1 aromatic rings. The van der Waals surface area contributed by atoms with E-state index >= 15 is 0 Å². The number of carbonyl (C=O) groups is 3. The largest absolute Gasteiger partial charge is 0.347 e. The minimum Gasteiger partial charge on any atom is -0.347 e. The van der Waals surface area contributed by atoms with Crippen molar-refractivity contribution in [3.8, 4) is 0 Å². The highest BCUT2D eigenvalue weighted by atomic mass is 16.2. The molecule has 0 radical (unpaired) electrons. The van der Waals surface area contributed by atoms with Gasteiger partial charge < -0.3 is 10.6 Å². The third-order valence-electron chi connectivity index (χ3n) is 6.64. The van der Waals surface area contributed by atoms with Crippen LogP contribution in [0.15, 0.2) is 24.3 Å². The molecule has 0 aromatic heterocycles. The normalized spacial score (nSPS) is 24.7. The predicted octanol–water partition coefficient (Wildman–Crippen LogP) is 4.20. The maximum atomic E-state index is 13.0. The van der Waals surface area contributed by atoms with Crippen LogP contribution in [0, 0.1) is 17.8 Å². The van der Waals surface area contributed by atoms with Gasteiger partial charge in [0.15, 0.2) is 0 Å². The quantitative estimate of drug-likeness (QED) is 0.640. The fourth-order valence-electron chi connectivity index (χ4n) is 4.74. The molecule has 1 heterocycles. The second-order valence-corrected chi connectivity index (χ2v) is 10.2. The Morgan fingerprint density at radius 1 is 1.13 bits per heavy atom. The van der Waals surface area contributed by atoms with Crippen LogP contribution in [0.25, 0.3) is 0 Å². The Balaban J connectivity index is 1.65. The number of urea groups is 1. The van der Waals surface area contributed by atoms with Gasteiger partial charge in [0.2, 0.25) is 5.91 Å². The molecule has 1 saturated heterocycles. The minimum atomic E-state index is -0.812. The van der Waals surface area contributed by atoms with E-state index in [9.17, 15) is 14.4 Å². The summed E-state index contributed by atoms with van der Waals surface area (Å²) in [6.45, 7) is 10.4. The smallest absolute Gasteiger partial charge is 0.325 e. The standard InChI is InChI=1S/C25H37N3O3/c1-16(2)14-19-6-8-20(9-7-19)22(17(3)4)26-21(29)15-28-23(30)25(27-24(28)31)12-10-18(5)11-13-25/h6-9,16-18,22H,10-15H2,1-5H3,(H,26,29)(H,27,31). The van der Waals surface area contributed by atoms with Gasteiger partial charge in [0.25, 0.3) is 5.91 Å². The lowest BCUT2D eigenvalue weighted by atomic mass is 9.77. The number of imide groups is 1. The van der Waals surface area contributed by atoms with E-state index in [0.29, 0.717) is 24.7 Å². The van der Waals surface area contributed by atoms with E-state index in [4.69, 9.17) is 0 Å². The Bertz CT molecular complexity index is 808. The lowest BCUT2D eigenvalue weighted by Gasteiger charge is -2.33. The zero-order valence-corrected chi connectivity index (χ0v) is 19.5. The minimum absolute atomic E-state index is 0.175. The molecule has 6 heteroatoms. The molecule has 2 N–H and O–H groups in total. The maximum Gasteiger partial charge on any atom is 0.325 e. The third kappa shape index (κ3) is 5.28. The van der Waals surface area contributed by atoms with Crippen molar-refractivity contribution >= 4 is 17.8 Å². The van der Waals surface area contributed by atoms with Gasteiger partial charge in [-0.25, -0.2) is 4.79 Å². The SMILES string of the molecule is CC(C)Cc1ccc(C(NC(=O)CN2C(=O)NC3(CCC(C)CC3)C2=O)C(C)C)cc1. The highest BCUT2D eigenvalue weighted by Gasteiger charge is 2.52.